The molecular weight excluding hydrogens is 236 g/mol. The maximum Gasteiger partial charge on any atom is 0.186 e. The van der Waals surface area contributed by atoms with E-state index >= 15 is 0 Å². The lowest BCUT2D eigenvalue weighted by Gasteiger charge is -2.19. The number of allylic oxidation sites excluding steroid dienone is 2. The molecule has 96 valence electrons. The quantitative estimate of drug-likeness (QED) is 0.817. The summed E-state index contributed by atoms with van der Waals surface area (Å²) >= 11 is 0. The molecule has 0 aromatic heterocycles. The lowest BCUT2D eigenvalue weighted by molar-refractivity contribution is 0.104. The number of ketones is 1. The number of carbonyl (C=O) groups is 1. The average Bonchev–Trinajstić information content (AvgIpc) is 2.44. The molecule has 2 aromatic carbocycles. The van der Waals surface area contributed by atoms with Crippen LogP contribution >= 0.6 is 0 Å². The fraction of sp³-hybridized carbons (Fsp3) is 0.235. The third kappa shape index (κ3) is 1.75. The predicted molar refractivity (Wildman–Crippen MR) is 77.7 cm³/mol. The van der Waals surface area contributed by atoms with Crippen molar-refractivity contribution in [2.75, 3.05) is 7.11 Å². The van der Waals surface area contributed by atoms with E-state index in [2.05, 4.69) is 13.0 Å². The first-order valence-electron chi connectivity index (χ1n) is 6.61. The molecule has 3 rings (SSSR count). The zero-order valence-corrected chi connectivity index (χ0v) is 11.2. The molecule has 2 heteroatoms. The lowest BCUT2D eigenvalue weighted by atomic mass is 9.85. The number of hydrogen-bond donors (Lipinski definition) is 0. The SMILES string of the molecule is CCCC1=CC(=O)c2ccc(OC)c3cccc1c23. The fourth-order valence-corrected chi connectivity index (χ4v) is 2.82. The van der Waals surface area contributed by atoms with Crippen LogP contribution in [0, 0.1) is 0 Å². The second-order valence-corrected chi connectivity index (χ2v) is 4.83. The van der Waals surface area contributed by atoms with Crippen LogP contribution in [0.3, 0.4) is 0 Å². The van der Waals surface area contributed by atoms with E-state index in [1.54, 1.807) is 13.2 Å². The number of benzene rings is 2. The highest BCUT2D eigenvalue weighted by Gasteiger charge is 2.21. The molecule has 0 saturated heterocycles. The third-order valence-corrected chi connectivity index (χ3v) is 3.66. The highest BCUT2D eigenvalue weighted by atomic mass is 16.5. The molecule has 2 nitrogen and oxygen atoms in total. The summed E-state index contributed by atoms with van der Waals surface area (Å²) in [5.41, 5.74) is 3.10. The van der Waals surface area contributed by atoms with Crippen molar-refractivity contribution in [3.8, 4) is 5.75 Å². The van der Waals surface area contributed by atoms with Crippen molar-refractivity contribution < 1.29 is 9.53 Å². The van der Waals surface area contributed by atoms with E-state index in [0.717, 1.165) is 40.5 Å². The zero-order chi connectivity index (χ0) is 13.4. The van der Waals surface area contributed by atoms with Crippen molar-refractivity contribution in [2.24, 2.45) is 0 Å². The van der Waals surface area contributed by atoms with E-state index in [9.17, 15) is 4.79 Å². The van der Waals surface area contributed by atoms with E-state index in [1.807, 2.05) is 24.3 Å². The molecule has 0 saturated carbocycles. The lowest BCUT2D eigenvalue weighted by Crippen LogP contribution is -2.06. The Kier molecular flexibility index (Phi) is 2.86. The molecule has 0 N–H and O–H groups in total. The minimum atomic E-state index is 0.106. The van der Waals surface area contributed by atoms with Crippen LogP contribution in [0.5, 0.6) is 5.75 Å². The van der Waals surface area contributed by atoms with Crippen molar-refractivity contribution in [3.05, 3.63) is 47.5 Å². The average molecular weight is 252 g/mol. The number of carbonyl (C=O) groups excluding carboxylic acids is 1. The molecule has 19 heavy (non-hydrogen) atoms. The molecule has 0 atom stereocenters. The van der Waals surface area contributed by atoms with Gasteiger partial charge in [-0.3, -0.25) is 4.79 Å². The maximum absolute atomic E-state index is 12.2. The van der Waals surface area contributed by atoms with Gasteiger partial charge in [0.05, 0.1) is 7.11 Å². The molecule has 0 amide bonds. The number of ether oxygens (including phenoxy) is 1. The van der Waals surface area contributed by atoms with Crippen molar-refractivity contribution in [2.45, 2.75) is 19.8 Å². The largest absolute Gasteiger partial charge is 0.496 e. The molecule has 2 aromatic rings. The van der Waals surface area contributed by atoms with Gasteiger partial charge < -0.3 is 4.74 Å². The van der Waals surface area contributed by atoms with E-state index in [-0.39, 0.29) is 5.78 Å². The van der Waals surface area contributed by atoms with E-state index in [0.29, 0.717) is 0 Å². The van der Waals surface area contributed by atoms with Crippen molar-refractivity contribution in [3.63, 3.8) is 0 Å². The summed E-state index contributed by atoms with van der Waals surface area (Å²) in [6.07, 6.45) is 3.75. The molecule has 0 spiro atoms. The molecule has 0 radical (unpaired) electrons. The van der Waals surface area contributed by atoms with Gasteiger partial charge in [-0.25, -0.2) is 0 Å². The van der Waals surface area contributed by atoms with E-state index in [1.165, 1.54) is 5.56 Å². The Hall–Kier alpha value is -2.09. The van der Waals surface area contributed by atoms with E-state index in [4.69, 9.17) is 4.74 Å². The second-order valence-electron chi connectivity index (χ2n) is 4.83. The van der Waals surface area contributed by atoms with Crippen molar-refractivity contribution >= 4 is 22.1 Å². The molecule has 1 aliphatic carbocycles. The Balaban J connectivity index is 2.37. The number of methoxy groups -OCH3 is 1. The van der Waals surface area contributed by atoms with Crippen LogP contribution in [0.25, 0.3) is 16.3 Å². The minimum Gasteiger partial charge on any atom is -0.496 e. The molecule has 0 unspecified atom stereocenters. The van der Waals surface area contributed by atoms with Crippen LogP contribution in [0.2, 0.25) is 0 Å². The van der Waals surface area contributed by atoms with Crippen LogP contribution in [-0.2, 0) is 0 Å². The normalized spacial score (nSPS) is 13.6. The molecular formula is C17H16O2. The van der Waals surface area contributed by atoms with Gasteiger partial charge in [0.1, 0.15) is 5.75 Å². The van der Waals surface area contributed by atoms with Gasteiger partial charge in [-0.2, -0.15) is 0 Å². The smallest absolute Gasteiger partial charge is 0.186 e. The second kappa shape index (κ2) is 4.54. The van der Waals surface area contributed by atoms with Gasteiger partial charge >= 0.3 is 0 Å². The van der Waals surface area contributed by atoms with Crippen LogP contribution in [0.4, 0.5) is 0 Å². The number of hydrogen-bond acceptors (Lipinski definition) is 2. The minimum absolute atomic E-state index is 0.106. The predicted octanol–water partition coefficient (Wildman–Crippen LogP) is 4.23. The Bertz CT molecular complexity index is 696. The Morgan fingerprint density at radius 3 is 2.68 bits per heavy atom. The topological polar surface area (TPSA) is 26.3 Å². The van der Waals surface area contributed by atoms with Gasteiger partial charge in [0.25, 0.3) is 0 Å². The fourth-order valence-electron chi connectivity index (χ4n) is 2.82. The van der Waals surface area contributed by atoms with Crippen molar-refractivity contribution in [1.29, 1.82) is 0 Å². The highest BCUT2D eigenvalue weighted by molar-refractivity contribution is 6.22. The summed E-state index contributed by atoms with van der Waals surface area (Å²) in [5.74, 6) is 0.931. The first-order valence-corrected chi connectivity index (χ1v) is 6.61. The van der Waals surface area contributed by atoms with Crippen molar-refractivity contribution in [1.82, 2.24) is 0 Å². The van der Waals surface area contributed by atoms with Gasteiger partial charge in [0.15, 0.2) is 5.78 Å². The van der Waals surface area contributed by atoms with Gasteiger partial charge in [-0.15, -0.1) is 0 Å². The van der Waals surface area contributed by atoms with Crippen LogP contribution in [0.1, 0.15) is 35.7 Å². The molecule has 0 heterocycles. The third-order valence-electron chi connectivity index (χ3n) is 3.66. The standard InChI is InChI=1S/C17H16O2/c1-3-5-11-10-15(18)13-8-9-16(19-2)14-7-4-6-12(11)17(13)14/h4,6-10H,3,5H2,1-2H3. The molecule has 1 aliphatic rings. The van der Waals surface area contributed by atoms with Gasteiger partial charge in [0, 0.05) is 16.3 Å². The summed E-state index contributed by atoms with van der Waals surface area (Å²) in [6.45, 7) is 2.13. The molecule has 0 bridgehead atoms. The summed E-state index contributed by atoms with van der Waals surface area (Å²) in [6, 6.07) is 9.88. The molecule has 0 fully saturated rings. The maximum atomic E-state index is 12.2. The highest BCUT2D eigenvalue weighted by Crippen LogP contribution is 2.38. The van der Waals surface area contributed by atoms with Gasteiger partial charge in [0.2, 0.25) is 0 Å². The summed E-state index contributed by atoms with van der Waals surface area (Å²) in [7, 11) is 1.66. The molecule has 0 aliphatic heterocycles. The van der Waals surface area contributed by atoms with Crippen LogP contribution in [-0.4, -0.2) is 12.9 Å². The Morgan fingerprint density at radius 1 is 1.11 bits per heavy atom. The van der Waals surface area contributed by atoms with E-state index < -0.39 is 0 Å². The van der Waals surface area contributed by atoms with Crippen LogP contribution < -0.4 is 4.74 Å². The number of rotatable bonds is 3. The van der Waals surface area contributed by atoms with Gasteiger partial charge in [-0.1, -0.05) is 31.5 Å². The first kappa shape index (κ1) is 12.0. The monoisotopic (exact) mass is 252 g/mol. The summed E-state index contributed by atoms with van der Waals surface area (Å²) in [5, 5.41) is 2.06. The first-order chi connectivity index (χ1) is 9.26. The Labute approximate surface area is 112 Å². The summed E-state index contributed by atoms with van der Waals surface area (Å²) < 4.78 is 5.41. The van der Waals surface area contributed by atoms with Gasteiger partial charge in [-0.05, 0) is 35.8 Å². The zero-order valence-electron chi connectivity index (χ0n) is 11.2. The van der Waals surface area contributed by atoms with Crippen LogP contribution in [0.15, 0.2) is 36.4 Å². The summed E-state index contributed by atoms with van der Waals surface area (Å²) in [4.78, 5) is 12.2. The Morgan fingerprint density at radius 2 is 1.95 bits per heavy atom.